The third-order valence-corrected chi connectivity index (χ3v) is 3.50. The molecule has 4 heteroatoms. The number of hydrogen-bond acceptors (Lipinski definition) is 1. The lowest BCUT2D eigenvalue weighted by molar-refractivity contribution is 0.627. The molecule has 3 rings (SSSR count). The van der Waals surface area contributed by atoms with Crippen molar-refractivity contribution in [2.24, 2.45) is 7.05 Å². The van der Waals surface area contributed by atoms with Crippen LogP contribution in [0.15, 0.2) is 54.6 Å². The molecule has 0 bridgehead atoms. The van der Waals surface area contributed by atoms with Crippen LogP contribution >= 0.6 is 0 Å². The van der Waals surface area contributed by atoms with Gasteiger partial charge in [0, 0.05) is 13.5 Å². The summed E-state index contributed by atoms with van der Waals surface area (Å²) in [5.74, 6) is -0.235. The first-order valence-electron chi connectivity index (χ1n) is 6.91. The van der Waals surface area contributed by atoms with Crippen molar-refractivity contribution in [3.63, 3.8) is 0 Å². The Bertz CT molecular complexity index is 842. The van der Waals surface area contributed by atoms with Crippen LogP contribution < -0.4 is 0 Å². The molecule has 0 saturated carbocycles. The van der Waals surface area contributed by atoms with Crippen molar-refractivity contribution >= 4 is 5.69 Å². The van der Waals surface area contributed by atoms with Crippen LogP contribution in [0.25, 0.3) is 16.1 Å². The minimum Gasteiger partial charge on any atom is -0.268 e. The van der Waals surface area contributed by atoms with Gasteiger partial charge in [0.25, 0.3) is 0 Å². The Morgan fingerprint density at radius 3 is 2.64 bits per heavy atom. The van der Waals surface area contributed by atoms with Crippen molar-refractivity contribution in [2.45, 2.75) is 6.42 Å². The van der Waals surface area contributed by atoms with Crippen LogP contribution in [-0.2, 0) is 13.5 Å². The standard InChI is InChI=1S/C18H14FN3/c1-20-16-5-3-4-14(11-16)18-12-17(21-22(18)2)10-13-6-8-15(19)9-7-13/h3-9,11-12H,10H2,2H3. The topological polar surface area (TPSA) is 22.2 Å². The fourth-order valence-electron chi connectivity index (χ4n) is 2.43. The second-order valence-corrected chi connectivity index (χ2v) is 5.11. The molecular formula is C18H14FN3. The monoisotopic (exact) mass is 291 g/mol. The van der Waals surface area contributed by atoms with E-state index in [1.165, 1.54) is 12.1 Å². The summed E-state index contributed by atoms with van der Waals surface area (Å²) < 4.78 is 14.7. The van der Waals surface area contributed by atoms with Crippen LogP contribution in [-0.4, -0.2) is 9.78 Å². The van der Waals surface area contributed by atoms with Crippen LogP contribution in [0.1, 0.15) is 11.3 Å². The second-order valence-electron chi connectivity index (χ2n) is 5.11. The molecule has 0 fully saturated rings. The van der Waals surface area contributed by atoms with Gasteiger partial charge in [-0.25, -0.2) is 9.24 Å². The molecule has 3 aromatic rings. The molecule has 0 N–H and O–H groups in total. The smallest absolute Gasteiger partial charge is 0.187 e. The third-order valence-electron chi connectivity index (χ3n) is 3.50. The lowest BCUT2D eigenvalue weighted by atomic mass is 10.1. The van der Waals surface area contributed by atoms with E-state index in [1.807, 2.05) is 36.0 Å². The van der Waals surface area contributed by atoms with Crippen molar-refractivity contribution in [3.05, 3.63) is 83.1 Å². The van der Waals surface area contributed by atoms with Gasteiger partial charge in [-0.1, -0.05) is 30.3 Å². The average Bonchev–Trinajstić information content (AvgIpc) is 2.90. The summed E-state index contributed by atoms with van der Waals surface area (Å²) in [5.41, 5.74) is 4.47. The van der Waals surface area contributed by atoms with Gasteiger partial charge in [0.05, 0.1) is 18.0 Å². The Balaban J connectivity index is 1.90. The highest BCUT2D eigenvalue weighted by Crippen LogP contribution is 2.25. The zero-order valence-corrected chi connectivity index (χ0v) is 12.1. The highest BCUT2D eigenvalue weighted by Gasteiger charge is 2.08. The van der Waals surface area contributed by atoms with Crippen molar-refractivity contribution in [1.82, 2.24) is 9.78 Å². The van der Waals surface area contributed by atoms with Crippen LogP contribution in [0.2, 0.25) is 0 Å². The average molecular weight is 291 g/mol. The van der Waals surface area contributed by atoms with E-state index in [9.17, 15) is 4.39 Å². The first kappa shape index (κ1) is 14.0. The number of halogens is 1. The largest absolute Gasteiger partial charge is 0.268 e. The van der Waals surface area contributed by atoms with Gasteiger partial charge in [-0.05, 0) is 35.4 Å². The van der Waals surface area contributed by atoms with Gasteiger partial charge >= 0.3 is 0 Å². The summed E-state index contributed by atoms with van der Waals surface area (Å²) in [6.07, 6.45) is 0.649. The maximum absolute atomic E-state index is 12.9. The number of nitrogens with zero attached hydrogens (tertiary/aromatic N) is 3. The SMILES string of the molecule is [C-]#[N+]c1cccc(-c2cc(Cc3ccc(F)cc3)nn2C)c1. The van der Waals surface area contributed by atoms with Gasteiger partial charge in [0.15, 0.2) is 5.69 Å². The summed E-state index contributed by atoms with van der Waals surface area (Å²) in [6, 6.07) is 15.9. The normalized spacial score (nSPS) is 10.4. The molecule has 0 aliphatic carbocycles. The predicted molar refractivity (Wildman–Crippen MR) is 84.1 cm³/mol. The summed E-state index contributed by atoms with van der Waals surface area (Å²) in [5, 5.41) is 4.51. The molecule has 2 aromatic carbocycles. The van der Waals surface area contributed by atoms with E-state index in [1.54, 1.807) is 18.2 Å². The van der Waals surface area contributed by atoms with Crippen LogP contribution in [0, 0.1) is 12.4 Å². The molecule has 1 heterocycles. The first-order chi connectivity index (χ1) is 10.7. The first-order valence-corrected chi connectivity index (χ1v) is 6.91. The maximum Gasteiger partial charge on any atom is 0.187 e. The summed E-state index contributed by atoms with van der Waals surface area (Å²) in [4.78, 5) is 3.45. The summed E-state index contributed by atoms with van der Waals surface area (Å²) >= 11 is 0. The molecule has 0 aliphatic heterocycles. The van der Waals surface area contributed by atoms with Gasteiger partial charge in [-0.3, -0.25) is 4.68 Å². The fraction of sp³-hybridized carbons (Fsp3) is 0.111. The molecule has 3 nitrogen and oxygen atoms in total. The zero-order valence-electron chi connectivity index (χ0n) is 12.1. The maximum atomic E-state index is 12.9. The number of rotatable bonds is 3. The zero-order chi connectivity index (χ0) is 15.5. The molecule has 0 radical (unpaired) electrons. The molecular weight excluding hydrogens is 277 g/mol. The van der Waals surface area contributed by atoms with E-state index in [0.29, 0.717) is 12.1 Å². The molecule has 1 aromatic heterocycles. The number of aryl methyl sites for hydroxylation is 1. The van der Waals surface area contributed by atoms with Crippen LogP contribution in [0.5, 0.6) is 0 Å². The molecule has 108 valence electrons. The quantitative estimate of drug-likeness (QED) is 0.657. The molecule has 0 amide bonds. The van der Waals surface area contributed by atoms with Gasteiger partial charge in [-0.15, -0.1) is 0 Å². The molecule has 0 atom stereocenters. The Kier molecular flexibility index (Phi) is 3.71. The highest BCUT2D eigenvalue weighted by atomic mass is 19.1. The molecule has 0 unspecified atom stereocenters. The number of benzene rings is 2. The van der Waals surface area contributed by atoms with Crippen LogP contribution in [0.4, 0.5) is 10.1 Å². The number of hydrogen-bond donors (Lipinski definition) is 0. The third kappa shape index (κ3) is 2.89. The van der Waals surface area contributed by atoms with Crippen molar-refractivity contribution < 1.29 is 4.39 Å². The van der Waals surface area contributed by atoms with Gasteiger partial charge in [-0.2, -0.15) is 5.10 Å². The molecule has 22 heavy (non-hydrogen) atoms. The molecule has 0 saturated heterocycles. The Labute approximate surface area is 128 Å². The van der Waals surface area contributed by atoms with E-state index in [-0.39, 0.29) is 5.82 Å². The van der Waals surface area contributed by atoms with E-state index in [2.05, 4.69) is 9.94 Å². The number of aromatic nitrogens is 2. The summed E-state index contributed by atoms with van der Waals surface area (Å²) in [7, 11) is 1.88. The van der Waals surface area contributed by atoms with Crippen molar-refractivity contribution in [3.8, 4) is 11.3 Å². The Hall–Kier alpha value is -2.93. The van der Waals surface area contributed by atoms with Crippen molar-refractivity contribution in [1.29, 1.82) is 0 Å². The minimum absolute atomic E-state index is 0.235. The lowest BCUT2D eigenvalue weighted by Crippen LogP contribution is -1.95. The van der Waals surface area contributed by atoms with Gasteiger partial charge in [0.1, 0.15) is 5.82 Å². The molecule has 0 aliphatic rings. The van der Waals surface area contributed by atoms with E-state index < -0.39 is 0 Å². The fourth-order valence-corrected chi connectivity index (χ4v) is 2.43. The minimum atomic E-state index is -0.235. The predicted octanol–water partition coefficient (Wildman–Crippen LogP) is 4.37. The van der Waals surface area contributed by atoms with E-state index >= 15 is 0 Å². The second kappa shape index (κ2) is 5.82. The van der Waals surface area contributed by atoms with Crippen molar-refractivity contribution in [2.75, 3.05) is 0 Å². The highest BCUT2D eigenvalue weighted by molar-refractivity contribution is 5.66. The van der Waals surface area contributed by atoms with E-state index in [0.717, 1.165) is 22.5 Å². The van der Waals surface area contributed by atoms with Crippen LogP contribution in [0.3, 0.4) is 0 Å². The Morgan fingerprint density at radius 1 is 1.14 bits per heavy atom. The summed E-state index contributed by atoms with van der Waals surface area (Å²) in [6.45, 7) is 7.10. The van der Waals surface area contributed by atoms with E-state index in [4.69, 9.17) is 6.57 Å². The molecule has 0 spiro atoms. The lowest BCUT2D eigenvalue weighted by Gasteiger charge is -2.01. The van der Waals surface area contributed by atoms with Gasteiger partial charge in [0.2, 0.25) is 0 Å². The van der Waals surface area contributed by atoms with Gasteiger partial charge < -0.3 is 0 Å². The Morgan fingerprint density at radius 2 is 1.91 bits per heavy atom.